The summed E-state index contributed by atoms with van der Waals surface area (Å²) in [6, 6.07) is 10.2. The van der Waals surface area contributed by atoms with Gasteiger partial charge in [0.1, 0.15) is 16.4 Å². The second-order valence-corrected chi connectivity index (χ2v) is 14.6. The van der Waals surface area contributed by atoms with Crippen LogP contribution in [0.25, 0.3) is 0 Å². The molecule has 210 valence electrons. The van der Waals surface area contributed by atoms with E-state index >= 15 is 0 Å². The fourth-order valence-electron chi connectivity index (χ4n) is 7.06. The molecule has 2 heterocycles. The molecule has 4 fully saturated rings. The molecule has 9 nitrogen and oxygen atoms in total. The molecule has 5 rings (SSSR count). The molecule has 38 heavy (non-hydrogen) atoms. The summed E-state index contributed by atoms with van der Waals surface area (Å²) >= 11 is 0. The van der Waals surface area contributed by atoms with Crippen molar-refractivity contribution in [2.24, 2.45) is 0 Å². The summed E-state index contributed by atoms with van der Waals surface area (Å²) in [5.41, 5.74) is -0.111. The maximum absolute atomic E-state index is 13.7. The third-order valence-corrected chi connectivity index (χ3v) is 11.4. The van der Waals surface area contributed by atoms with E-state index in [1.165, 1.54) is 5.56 Å². The number of rotatable bonds is 7. The number of nitrogens with zero attached hydrogens (tertiary/aromatic N) is 3. The van der Waals surface area contributed by atoms with Gasteiger partial charge in [0, 0.05) is 18.1 Å². The molecule has 0 atom stereocenters. The van der Waals surface area contributed by atoms with Crippen LogP contribution < -0.4 is 5.32 Å². The third-order valence-electron chi connectivity index (χ3n) is 9.73. The predicted molar refractivity (Wildman–Crippen MR) is 145 cm³/mol. The second kappa shape index (κ2) is 10.1. The van der Waals surface area contributed by atoms with E-state index in [4.69, 9.17) is 0 Å². The van der Waals surface area contributed by atoms with Crippen molar-refractivity contribution in [1.29, 1.82) is 0 Å². The van der Waals surface area contributed by atoms with Crippen LogP contribution in [-0.2, 0) is 20.2 Å². The van der Waals surface area contributed by atoms with Crippen molar-refractivity contribution in [2.45, 2.75) is 80.5 Å². The zero-order valence-electron chi connectivity index (χ0n) is 22.7. The number of carbonyl (C=O) groups excluding carboxylic acids is 2. The molecule has 1 aromatic carbocycles. The summed E-state index contributed by atoms with van der Waals surface area (Å²) < 4.78 is 23.5. The smallest absolute Gasteiger partial charge is 0.321 e. The zero-order valence-corrected chi connectivity index (χ0v) is 23.5. The number of benzene rings is 1. The summed E-state index contributed by atoms with van der Waals surface area (Å²) in [6.07, 6.45) is 6.53. The first-order chi connectivity index (χ1) is 18.0. The van der Waals surface area contributed by atoms with Gasteiger partial charge in [-0.05, 0) is 77.4 Å². The molecule has 1 aromatic rings. The highest BCUT2D eigenvalue weighted by Crippen LogP contribution is 2.50. The molecule has 3 amide bonds. The Morgan fingerprint density at radius 2 is 1.68 bits per heavy atom. The number of β-amino-alcohol motifs (C(OH)–C–C–N with tert-alkyl or cyclic N) is 1. The van der Waals surface area contributed by atoms with Gasteiger partial charge in [0.2, 0.25) is 5.91 Å². The van der Waals surface area contributed by atoms with Crippen LogP contribution in [0, 0.1) is 0 Å². The number of hydrogen-bond donors (Lipinski definition) is 2. The number of sulfone groups is 1. The summed E-state index contributed by atoms with van der Waals surface area (Å²) in [5.74, 6) is -0.0688. The van der Waals surface area contributed by atoms with Gasteiger partial charge in [0.15, 0.2) is 0 Å². The minimum Gasteiger partial charge on any atom is -0.388 e. The largest absolute Gasteiger partial charge is 0.388 e. The Balaban J connectivity index is 1.32. The SMILES string of the molecule is CN(C)C1(c2ccccc2)CCC2(CC1)CN(CC(=O)NC1CCS(=O)(=O)CC1)C(=O)N2CC1(O)CCC1. The van der Waals surface area contributed by atoms with E-state index in [0.717, 1.165) is 32.1 Å². The second-order valence-electron chi connectivity index (χ2n) is 12.3. The third kappa shape index (κ3) is 5.19. The molecular formula is C28H42N4O5S. The zero-order chi connectivity index (χ0) is 27.2. The van der Waals surface area contributed by atoms with Crippen molar-refractivity contribution in [3.8, 4) is 0 Å². The van der Waals surface area contributed by atoms with Gasteiger partial charge >= 0.3 is 6.03 Å². The van der Waals surface area contributed by atoms with E-state index in [-0.39, 0.29) is 41.6 Å². The van der Waals surface area contributed by atoms with Gasteiger partial charge in [-0.15, -0.1) is 0 Å². The van der Waals surface area contributed by atoms with Gasteiger partial charge in [-0.1, -0.05) is 30.3 Å². The quantitative estimate of drug-likeness (QED) is 0.542. The minimum atomic E-state index is -3.01. The molecule has 0 unspecified atom stereocenters. The first kappa shape index (κ1) is 27.4. The molecule has 1 spiro atoms. The first-order valence-electron chi connectivity index (χ1n) is 14.0. The maximum atomic E-state index is 13.7. The normalized spacial score (nSPS) is 28.5. The molecule has 2 N–H and O–H groups in total. The Morgan fingerprint density at radius 3 is 2.24 bits per heavy atom. The Kier molecular flexibility index (Phi) is 7.28. The molecular weight excluding hydrogens is 504 g/mol. The number of amides is 3. The van der Waals surface area contributed by atoms with E-state index in [9.17, 15) is 23.1 Å². The number of urea groups is 1. The minimum absolute atomic E-state index is 0.0454. The Labute approximate surface area is 226 Å². The van der Waals surface area contributed by atoms with Crippen LogP contribution in [0.4, 0.5) is 4.79 Å². The lowest BCUT2D eigenvalue weighted by Crippen LogP contribution is -2.59. The van der Waals surface area contributed by atoms with E-state index in [0.29, 0.717) is 38.8 Å². The van der Waals surface area contributed by atoms with Crippen LogP contribution in [-0.4, -0.2) is 103 Å². The highest BCUT2D eigenvalue weighted by atomic mass is 32.2. The van der Waals surface area contributed by atoms with Crippen LogP contribution in [0.3, 0.4) is 0 Å². The van der Waals surface area contributed by atoms with Crippen LogP contribution in [0.2, 0.25) is 0 Å². The Bertz CT molecular complexity index is 1130. The molecule has 0 radical (unpaired) electrons. The molecule has 2 saturated heterocycles. The fraction of sp³-hybridized carbons (Fsp3) is 0.714. The summed E-state index contributed by atoms with van der Waals surface area (Å²) in [5, 5.41) is 14.0. The lowest BCUT2D eigenvalue weighted by atomic mass is 9.67. The summed E-state index contributed by atoms with van der Waals surface area (Å²) in [4.78, 5) is 32.5. The summed E-state index contributed by atoms with van der Waals surface area (Å²) in [7, 11) is 1.23. The Morgan fingerprint density at radius 1 is 1.05 bits per heavy atom. The lowest BCUT2D eigenvalue weighted by molar-refractivity contribution is -0.122. The molecule has 0 bridgehead atoms. The van der Waals surface area contributed by atoms with Gasteiger partial charge in [0.05, 0.1) is 29.2 Å². The average Bonchev–Trinajstić information content (AvgIpc) is 3.10. The van der Waals surface area contributed by atoms with Crippen LogP contribution in [0.15, 0.2) is 30.3 Å². The van der Waals surface area contributed by atoms with Gasteiger partial charge in [-0.3, -0.25) is 9.69 Å². The molecule has 2 saturated carbocycles. The van der Waals surface area contributed by atoms with Gasteiger partial charge < -0.3 is 20.2 Å². The van der Waals surface area contributed by atoms with Gasteiger partial charge in [0.25, 0.3) is 0 Å². The average molecular weight is 547 g/mol. The molecule has 4 aliphatic rings. The molecule has 2 aliphatic heterocycles. The Hall–Kier alpha value is -2.17. The number of nitrogens with one attached hydrogen (secondary N) is 1. The van der Waals surface area contributed by atoms with Crippen LogP contribution >= 0.6 is 0 Å². The maximum Gasteiger partial charge on any atom is 0.321 e. The highest BCUT2D eigenvalue weighted by molar-refractivity contribution is 7.91. The number of carbonyl (C=O) groups is 2. The van der Waals surface area contributed by atoms with E-state index < -0.39 is 21.0 Å². The van der Waals surface area contributed by atoms with Crippen molar-refractivity contribution >= 4 is 21.8 Å². The number of hydrogen-bond acceptors (Lipinski definition) is 6. The standard InChI is InChI=1S/C28H42N4O5S/c1-30(2)28(22-7-4-3-5-8-22)15-13-26(14-16-28)20-31(25(34)32(26)21-27(35)11-6-12-27)19-24(33)29-23-9-17-38(36,37)18-10-23/h3-5,7-8,23,35H,6,9-21H2,1-2H3,(H,29,33). The molecule has 0 aromatic heterocycles. The topological polar surface area (TPSA) is 110 Å². The summed E-state index contributed by atoms with van der Waals surface area (Å²) in [6.45, 7) is 0.730. The fourth-order valence-corrected chi connectivity index (χ4v) is 8.55. The van der Waals surface area contributed by atoms with E-state index in [1.807, 2.05) is 11.0 Å². The monoisotopic (exact) mass is 546 g/mol. The van der Waals surface area contributed by atoms with Crippen molar-refractivity contribution in [3.63, 3.8) is 0 Å². The van der Waals surface area contributed by atoms with Crippen molar-refractivity contribution in [2.75, 3.05) is 45.2 Å². The van der Waals surface area contributed by atoms with Gasteiger partial charge in [-0.2, -0.15) is 0 Å². The van der Waals surface area contributed by atoms with Crippen LogP contribution in [0.5, 0.6) is 0 Å². The molecule has 2 aliphatic carbocycles. The van der Waals surface area contributed by atoms with Crippen molar-refractivity contribution in [1.82, 2.24) is 20.0 Å². The van der Waals surface area contributed by atoms with E-state index in [2.05, 4.69) is 48.6 Å². The molecule has 10 heteroatoms. The van der Waals surface area contributed by atoms with Crippen molar-refractivity contribution in [3.05, 3.63) is 35.9 Å². The predicted octanol–water partition coefficient (Wildman–Crippen LogP) is 2.10. The lowest BCUT2D eigenvalue weighted by Gasteiger charge is -2.52. The highest BCUT2D eigenvalue weighted by Gasteiger charge is 2.56. The van der Waals surface area contributed by atoms with E-state index in [1.54, 1.807) is 4.90 Å². The first-order valence-corrected chi connectivity index (χ1v) is 15.8. The van der Waals surface area contributed by atoms with Crippen LogP contribution in [0.1, 0.15) is 63.4 Å². The van der Waals surface area contributed by atoms with Gasteiger partial charge in [-0.25, -0.2) is 13.2 Å². The number of aliphatic hydroxyl groups is 1. The van der Waals surface area contributed by atoms with Crippen molar-refractivity contribution < 1.29 is 23.1 Å².